The SMILES string of the molecule is O=P(O)(Cl)OP(=O)(Cl)Cl. The van der Waals surface area contributed by atoms with Crippen molar-refractivity contribution in [2.45, 2.75) is 0 Å². The molecule has 0 aromatic carbocycles. The van der Waals surface area contributed by atoms with Crippen molar-refractivity contribution in [2.75, 3.05) is 0 Å². The molecule has 0 saturated heterocycles. The molecule has 0 amide bonds. The van der Waals surface area contributed by atoms with Gasteiger partial charge in [0.15, 0.2) is 0 Å². The topological polar surface area (TPSA) is 63.6 Å². The van der Waals surface area contributed by atoms with Crippen LogP contribution in [0.4, 0.5) is 0 Å². The lowest BCUT2D eigenvalue weighted by atomic mass is 15.8. The molecule has 9 heteroatoms. The lowest BCUT2D eigenvalue weighted by Crippen LogP contribution is -1.69. The van der Waals surface area contributed by atoms with E-state index in [0.29, 0.717) is 0 Å². The van der Waals surface area contributed by atoms with Gasteiger partial charge >= 0.3 is 13.0 Å². The molecule has 0 aliphatic heterocycles. The average molecular weight is 233 g/mol. The van der Waals surface area contributed by atoms with Crippen LogP contribution in [-0.2, 0) is 13.4 Å². The van der Waals surface area contributed by atoms with Gasteiger partial charge in [0.25, 0.3) is 0 Å². The molecule has 1 unspecified atom stereocenters. The highest BCUT2D eigenvalue weighted by atomic mass is 35.9. The summed E-state index contributed by atoms with van der Waals surface area (Å²) in [5.41, 5.74) is 0. The maximum absolute atomic E-state index is 10.1. The zero-order valence-corrected chi connectivity index (χ0v) is 7.76. The van der Waals surface area contributed by atoms with Gasteiger partial charge in [0, 0.05) is 11.2 Å². The molecule has 1 atom stereocenters. The first-order valence-electron chi connectivity index (χ1n) is 1.44. The van der Waals surface area contributed by atoms with Crippen LogP contribution in [0.2, 0.25) is 0 Å². The van der Waals surface area contributed by atoms with Gasteiger partial charge in [-0.1, -0.05) is 0 Å². The molecule has 0 aliphatic rings. The van der Waals surface area contributed by atoms with Crippen molar-refractivity contribution < 1.29 is 18.3 Å². The molecule has 0 bridgehead atoms. The fraction of sp³-hybridized carbons (Fsp3) is 0. The minimum absolute atomic E-state index is 3.59. The van der Waals surface area contributed by atoms with E-state index < -0.39 is 13.0 Å². The lowest BCUT2D eigenvalue weighted by molar-refractivity contribution is 0.405. The minimum atomic E-state index is -4.34. The van der Waals surface area contributed by atoms with E-state index in [1.165, 1.54) is 0 Å². The molecule has 4 nitrogen and oxygen atoms in total. The summed E-state index contributed by atoms with van der Waals surface area (Å²) in [5.74, 6) is 0. The standard InChI is InChI=1S/Cl3HO4P2/c1-8(2,4)7-9(3,5)6/h(H,5,6). The van der Waals surface area contributed by atoms with Crippen molar-refractivity contribution in [3.05, 3.63) is 0 Å². The van der Waals surface area contributed by atoms with E-state index in [1.807, 2.05) is 0 Å². The first-order chi connectivity index (χ1) is 3.71. The minimum Gasteiger partial charge on any atom is -0.312 e. The number of rotatable bonds is 2. The number of halogens is 3. The van der Waals surface area contributed by atoms with Crippen LogP contribution < -0.4 is 0 Å². The Balaban J connectivity index is 4.07. The highest BCUT2D eigenvalue weighted by Gasteiger charge is 2.27. The van der Waals surface area contributed by atoms with Crippen LogP contribution >= 0.6 is 46.7 Å². The number of hydrogen-bond donors (Lipinski definition) is 1. The molecular formula is HCl3O4P2. The Morgan fingerprint density at radius 3 is 1.56 bits per heavy atom. The van der Waals surface area contributed by atoms with E-state index in [0.717, 1.165) is 0 Å². The Labute approximate surface area is 65.4 Å². The molecule has 56 valence electrons. The van der Waals surface area contributed by atoms with Crippen molar-refractivity contribution in [1.29, 1.82) is 0 Å². The summed E-state index contributed by atoms with van der Waals surface area (Å²) in [7, 11) is 0. The van der Waals surface area contributed by atoms with Crippen LogP contribution in [0.1, 0.15) is 0 Å². The van der Waals surface area contributed by atoms with Crippen molar-refractivity contribution in [1.82, 2.24) is 0 Å². The van der Waals surface area contributed by atoms with Crippen LogP contribution in [0.25, 0.3) is 0 Å². The molecule has 0 spiro atoms. The van der Waals surface area contributed by atoms with Crippen LogP contribution in [-0.4, -0.2) is 4.89 Å². The van der Waals surface area contributed by atoms with E-state index in [-0.39, 0.29) is 0 Å². The summed E-state index contributed by atoms with van der Waals surface area (Å²) in [6.45, 7) is -4.34. The van der Waals surface area contributed by atoms with Gasteiger partial charge < -0.3 is 4.89 Å². The Hall–Kier alpha value is 1.25. The highest BCUT2D eigenvalue weighted by Crippen LogP contribution is 2.69. The quantitative estimate of drug-likeness (QED) is 0.745. The monoisotopic (exact) mass is 232 g/mol. The Kier molecular flexibility index (Phi) is 3.53. The molecular weight excluding hydrogens is 232 g/mol. The van der Waals surface area contributed by atoms with E-state index in [2.05, 4.69) is 15.6 Å². The van der Waals surface area contributed by atoms with Crippen molar-refractivity contribution in [2.24, 2.45) is 0 Å². The van der Waals surface area contributed by atoms with E-state index >= 15 is 0 Å². The van der Waals surface area contributed by atoms with E-state index in [1.54, 1.807) is 0 Å². The van der Waals surface area contributed by atoms with Gasteiger partial charge in [-0.15, -0.1) is 0 Å². The third-order valence-electron chi connectivity index (χ3n) is 0.196. The molecule has 1 N–H and O–H groups in total. The summed E-state index contributed by atoms with van der Waals surface area (Å²) in [4.78, 5) is 8.11. The van der Waals surface area contributed by atoms with Gasteiger partial charge in [0.05, 0.1) is 0 Å². The van der Waals surface area contributed by atoms with Crippen LogP contribution in [0, 0.1) is 0 Å². The highest BCUT2D eigenvalue weighted by molar-refractivity contribution is 8.09. The third-order valence-corrected chi connectivity index (χ3v) is 3.43. The maximum Gasteiger partial charge on any atom is 0.428 e. The molecule has 0 rings (SSSR count). The van der Waals surface area contributed by atoms with Gasteiger partial charge in [0.2, 0.25) is 0 Å². The third kappa shape index (κ3) is 9.25. The second kappa shape index (κ2) is 3.10. The van der Waals surface area contributed by atoms with Crippen LogP contribution in [0.5, 0.6) is 0 Å². The van der Waals surface area contributed by atoms with Crippen LogP contribution in [0.15, 0.2) is 0 Å². The zero-order valence-electron chi connectivity index (χ0n) is 3.70. The fourth-order valence-corrected chi connectivity index (χ4v) is 3.91. The smallest absolute Gasteiger partial charge is 0.312 e. The molecule has 0 aromatic rings. The molecule has 9 heavy (non-hydrogen) atoms. The maximum atomic E-state index is 10.1. The van der Waals surface area contributed by atoms with Crippen molar-refractivity contribution >= 4 is 46.7 Å². The molecule has 0 fully saturated rings. The normalized spacial score (nSPS) is 19.1. The summed E-state index contributed by atoms with van der Waals surface area (Å²) >= 11 is 14.0. The van der Waals surface area contributed by atoms with Gasteiger partial charge in [-0.25, -0.2) is 8.88 Å². The molecule has 0 aromatic heterocycles. The van der Waals surface area contributed by atoms with E-state index in [9.17, 15) is 9.13 Å². The Morgan fingerprint density at radius 1 is 1.22 bits per heavy atom. The first kappa shape index (κ1) is 10.2. The second-order valence-corrected chi connectivity index (χ2v) is 7.80. The first-order valence-corrected chi connectivity index (χ1v) is 7.35. The van der Waals surface area contributed by atoms with Gasteiger partial charge in [-0.2, -0.15) is 0 Å². The predicted octanol–water partition coefficient (Wildman–Crippen LogP) is 2.93. The summed E-state index contributed by atoms with van der Waals surface area (Å²) < 4.78 is 23.7. The number of hydrogen-bond acceptors (Lipinski definition) is 3. The summed E-state index contributed by atoms with van der Waals surface area (Å²) in [6, 6.07) is 0. The Morgan fingerprint density at radius 2 is 1.56 bits per heavy atom. The van der Waals surface area contributed by atoms with Gasteiger partial charge in [0.1, 0.15) is 0 Å². The molecule has 0 radical (unpaired) electrons. The average Bonchev–Trinajstić information content (AvgIpc) is 1.14. The summed E-state index contributed by atoms with van der Waals surface area (Å²) in [5, 5.41) is 0. The van der Waals surface area contributed by atoms with Gasteiger partial charge in [-0.05, 0) is 22.5 Å². The van der Waals surface area contributed by atoms with E-state index in [4.69, 9.17) is 27.4 Å². The largest absolute Gasteiger partial charge is 0.428 e. The van der Waals surface area contributed by atoms with Crippen molar-refractivity contribution in [3.63, 3.8) is 0 Å². The fourth-order valence-electron chi connectivity index (χ4n) is 0.117. The molecule has 0 saturated carbocycles. The molecule has 0 aliphatic carbocycles. The van der Waals surface area contributed by atoms with Gasteiger partial charge in [-0.3, -0.25) is 4.57 Å². The second-order valence-electron chi connectivity index (χ2n) is 0.948. The molecule has 0 heterocycles. The summed E-state index contributed by atoms with van der Waals surface area (Å²) in [6.07, 6.45) is -3.99. The van der Waals surface area contributed by atoms with Crippen molar-refractivity contribution in [3.8, 4) is 0 Å². The zero-order chi connectivity index (χ0) is 7.71. The Bertz CT molecular complexity index is 154. The predicted molar refractivity (Wildman–Crippen MR) is 36.1 cm³/mol. The lowest BCUT2D eigenvalue weighted by Gasteiger charge is -2.02. The van der Waals surface area contributed by atoms with Crippen LogP contribution in [0.3, 0.4) is 0 Å².